The van der Waals surface area contributed by atoms with Gasteiger partial charge in [-0.2, -0.15) is 5.10 Å². The Balaban J connectivity index is 1.72. The summed E-state index contributed by atoms with van der Waals surface area (Å²) >= 11 is 0. The quantitative estimate of drug-likeness (QED) is 0.745. The van der Waals surface area contributed by atoms with Gasteiger partial charge in [0.1, 0.15) is 0 Å². The standard InChI is InChI=1S/C10H15N3/c1-7-9(11)6-13(12-7)5-8-4-10(8)2-3-10/h6,8H,2-5,11H2,1H3. The van der Waals surface area contributed by atoms with Crippen LogP contribution < -0.4 is 5.73 Å². The third kappa shape index (κ3) is 1.06. The molecule has 0 amide bonds. The number of anilines is 1. The summed E-state index contributed by atoms with van der Waals surface area (Å²) in [6, 6.07) is 0. The van der Waals surface area contributed by atoms with E-state index in [9.17, 15) is 0 Å². The molecule has 13 heavy (non-hydrogen) atoms. The van der Waals surface area contributed by atoms with Gasteiger partial charge >= 0.3 is 0 Å². The van der Waals surface area contributed by atoms with Gasteiger partial charge in [0.05, 0.1) is 11.4 Å². The van der Waals surface area contributed by atoms with Gasteiger partial charge in [-0.25, -0.2) is 0 Å². The summed E-state index contributed by atoms with van der Waals surface area (Å²) in [4.78, 5) is 0. The second-order valence-electron chi connectivity index (χ2n) is 4.66. The number of aryl methyl sites for hydroxylation is 1. The Morgan fingerprint density at radius 2 is 2.46 bits per heavy atom. The van der Waals surface area contributed by atoms with Gasteiger partial charge in [-0.05, 0) is 37.5 Å². The molecule has 0 radical (unpaired) electrons. The van der Waals surface area contributed by atoms with E-state index in [0.717, 1.165) is 29.3 Å². The highest BCUT2D eigenvalue weighted by molar-refractivity contribution is 5.39. The fourth-order valence-electron chi connectivity index (χ4n) is 2.32. The zero-order chi connectivity index (χ0) is 9.05. The van der Waals surface area contributed by atoms with E-state index in [2.05, 4.69) is 5.10 Å². The summed E-state index contributed by atoms with van der Waals surface area (Å²) in [7, 11) is 0. The largest absolute Gasteiger partial charge is 0.396 e. The molecule has 1 aromatic heterocycles. The van der Waals surface area contributed by atoms with Gasteiger partial charge in [-0.15, -0.1) is 0 Å². The van der Waals surface area contributed by atoms with Crippen molar-refractivity contribution in [3.05, 3.63) is 11.9 Å². The summed E-state index contributed by atoms with van der Waals surface area (Å²) in [6.07, 6.45) is 6.29. The number of hydrogen-bond acceptors (Lipinski definition) is 2. The Morgan fingerprint density at radius 1 is 1.69 bits per heavy atom. The van der Waals surface area contributed by atoms with Crippen molar-refractivity contribution in [1.82, 2.24) is 9.78 Å². The minimum atomic E-state index is 0.772. The fourth-order valence-corrected chi connectivity index (χ4v) is 2.32. The third-order valence-electron chi connectivity index (χ3n) is 3.64. The minimum absolute atomic E-state index is 0.772. The Bertz CT molecular complexity index is 330. The van der Waals surface area contributed by atoms with Gasteiger partial charge in [-0.1, -0.05) is 0 Å². The van der Waals surface area contributed by atoms with E-state index in [1.54, 1.807) is 0 Å². The topological polar surface area (TPSA) is 43.8 Å². The number of nitrogen functional groups attached to an aromatic ring is 1. The Hall–Kier alpha value is -0.990. The fraction of sp³-hybridized carbons (Fsp3) is 0.700. The Kier molecular flexibility index (Phi) is 1.19. The second kappa shape index (κ2) is 2.08. The molecular weight excluding hydrogens is 162 g/mol. The molecule has 0 aromatic carbocycles. The van der Waals surface area contributed by atoms with E-state index >= 15 is 0 Å². The van der Waals surface area contributed by atoms with Crippen LogP contribution in [0.25, 0.3) is 0 Å². The average Bonchev–Trinajstić information content (AvgIpc) is 2.93. The number of aromatic nitrogens is 2. The maximum absolute atomic E-state index is 5.74. The molecule has 1 atom stereocenters. The first-order valence-electron chi connectivity index (χ1n) is 4.99. The summed E-state index contributed by atoms with van der Waals surface area (Å²) in [5, 5.41) is 4.38. The van der Waals surface area contributed by atoms with Crippen LogP contribution >= 0.6 is 0 Å². The van der Waals surface area contributed by atoms with Crippen LogP contribution in [0.1, 0.15) is 25.0 Å². The molecule has 1 spiro atoms. The predicted octanol–water partition coefficient (Wildman–Crippen LogP) is 1.57. The van der Waals surface area contributed by atoms with Crippen LogP contribution in [-0.4, -0.2) is 9.78 Å². The molecule has 2 saturated carbocycles. The molecule has 0 aliphatic heterocycles. The van der Waals surface area contributed by atoms with Crippen molar-refractivity contribution >= 4 is 5.69 Å². The average molecular weight is 177 g/mol. The van der Waals surface area contributed by atoms with E-state index in [1.807, 2.05) is 17.8 Å². The lowest BCUT2D eigenvalue weighted by Crippen LogP contribution is -2.01. The van der Waals surface area contributed by atoms with Crippen molar-refractivity contribution in [2.75, 3.05) is 5.73 Å². The van der Waals surface area contributed by atoms with Crippen molar-refractivity contribution in [2.24, 2.45) is 11.3 Å². The van der Waals surface area contributed by atoms with Crippen molar-refractivity contribution in [2.45, 2.75) is 32.7 Å². The molecule has 1 unspecified atom stereocenters. The molecule has 2 aliphatic rings. The maximum atomic E-state index is 5.74. The van der Waals surface area contributed by atoms with Crippen LogP contribution in [0.5, 0.6) is 0 Å². The number of hydrogen-bond donors (Lipinski definition) is 1. The smallest absolute Gasteiger partial charge is 0.0822 e. The molecule has 1 heterocycles. The second-order valence-corrected chi connectivity index (χ2v) is 4.66. The normalized spacial score (nSPS) is 27.9. The summed E-state index contributed by atoms with van der Waals surface area (Å²) < 4.78 is 2.02. The van der Waals surface area contributed by atoms with Crippen molar-refractivity contribution in [1.29, 1.82) is 0 Å². The van der Waals surface area contributed by atoms with E-state index in [1.165, 1.54) is 19.3 Å². The number of nitrogens with zero attached hydrogens (tertiary/aromatic N) is 2. The molecule has 3 rings (SSSR count). The zero-order valence-electron chi connectivity index (χ0n) is 7.95. The molecule has 2 N–H and O–H groups in total. The first kappa shape index (κ1) is 7.42. The maximum Gasteiger partial charge on any atom is 0.0822 e. The highest BCUT2D eigenvalue weighted by Crippen LogP contribution is 2.70. The molecule has 1 aromatic rings. The van der Waals surface area contributed by atoms with E-state index < -0.39 is 0 Å². The van der Waals surface area contributed by atoms with Crippen LogP contribution in [0, 0.1) is 18.3 Å². The highest BCUT2D eigenvalue weighted by Gasteiger charge is 2.62. The van der Waals surface area contributed by atoms with Crippen LogP contribution in [-0.2, 0) is 6.54 Å². The number of nitrogens with two attached hydrogens (primary N) is 1. The van der Waals surface area contributed by atoms with Gasteiger partial charge in [0.2, 0.25) is 0 Å². The van der Waals surface area contributed by atoms with Gasteiger partial charge < -0.3 is 5.73 Å². The zero-order valence-corrected chi connectivity index (χ0v) is 7.95. The van der Waals surface area contributed by atoms with Crippen molar-refractivity contribution in [3.8, 4) is 0 Å². The SMILES string of the molecule is Cc1nn(CC2CC23CC3)cc1N. The van der Waals surface area contributed by atoms with E-state index in [4.69, 9.17) is 5.73 Å². The summed E-state index contributed by atoms with van der Waals surface area (Å²) in [6.45, 7) is 3.05. The van der Waals surface area contributed by atoms with Crippen LogP contribution in [0.3, 0.4) is 0 Å². The van der Waals surface area contributed by atoms with Gasteiger partial charge in [0, 0.05) is 12.7 Å². The molecule has 2 aliphatic carbocycles. The molecule has 0 saturated heterocycles. The minimum Gasteiger partial charge on any atom is -0.396 e. The molecule has 3 nitrogen and oxygen atoms in total. The monoisotopic (exact) mass is 177 g/mol. The molecule has 70 valence electrons. The van der Waals surface area contributed by atoms with Crippen LogP contribution in [0.15, 0.2) is 6.20 Å². The Labute approximate surface area is 77.9 Å². The first-order valence-corrected chi connectivity index (χ1v) is 4.99. The third-order valence-corrected chi connectivity index (χ3v) is 3.64. The molecule has 3 heteroatoms. The lowest BCUT2D eigenvalue weighted by molar-refractivity contribution is 0.523. The van der Waals surface area contributed by atoms with E-state index in [0.29, 0.717) is 0 Å². The number of rotatable bonds is 2. The van der Waals surface area contributed by atoms with Gasteiger partial charge in [0.15, 0.2) is 0 Å². The van der Waals surface area contributed by atoms with Crippen LogP contribution in [0.2, 0.25) is 0 Å². The molecule has 2 fully saturated rings. The highest BCUT2D eigenvalue weighted by atomic mass is 15.3. The lowest BCUT2D eigenvalue weighted by atomic mass is 10.3. The Morgan fingerprint density at radius 3 is 2.92 bits per heavy atom. The van der Waals surface area contributed by atoms with Crippen LogP contribution in [0.4, 0.5) is 5.69 Å². The van der Waals surface area contributed by atoms with Gasteiger partial charge in [0.25, 0.3) is 0 Å². The predicted molar refractivity (Wildman–Crippen MR) is 51.2 cm³/mol. The van der Waals surface area contributed by atoms with Crippen molar-refractivity contribution in [3.63, 3.8) is 0 Å². The van der Waals surface area contributed by atoms with E-state index in [-0.39, 0.29) is 0 Å². The lowest BCUT2D eigenvalue weighted by Gasteiger charge is -1.97. The van der Waals surface area contributed by atoms with Gasteiger partial charge in [-0.3, -0.25) is 4.68 Å². The molecule has 0 bridgehead atoms. The summed E-state index contributed by atoms with van der Waals surface area (Å²) in [5.74, 6) is 0.895. The molecular formula is C10H15N3. The van der Waals surface area contributed by atoms with Crippen molar-refractivity contribution < 1.29 is 0 Å². The summed E-state index contributed by atoms with van der Waals surface area (Å²) in [5.41, 5.74) is 8.30. The first-order chi connectivity index (χ1) is 6.20.